The molecular weight excluding hydrogens is 337 g/mol. The number of amides is 1. The lowest BCUT2D eigenvalue weighted by Gasteiger charge is -2.05. The van der Waals surface area contributed by atoms with Crippen molar-refractivity contribution in [1.82, 2.24) is 4.98 Å². The van der Waals surface area contributed by atoms with E-state index < -0.39 is 24.7 Å². The molecule has 23 heavy (non-hydrogen) atoms. The first-order chi connectivity index (χ1) is 10.8. The van der Waals surface area contributed by atoms with Crippen LogP contribution in [0.3, 0.4) is 0 Å². The molecule has 0 aliphatic heterocycles. The Hall–Kier alpha value is -2.62. The highest BCUT2D eigenvalue weighted by Gasteiger charge is 2.39. The van der Waals surface area contributed by atoms with Gasteiger partial charge in [-0.3, -0.25) is 10.1 Å². The summed E-state index contributed by atoms with van der Waals surface area (Å²) in [6.45, 7) is -0.482. The van der Waals surface area contributed by atoms with Gasteiger partial charge < -0.3 is 9.84 Å². The number of hydrogen-bond acceptors (Lipinski definition) is 5. The number of ether oxygens (including phenoxy) is 1. The molecule has 0 aliphatic rings. The Bertz CT molecular complexity index is 713. The normalized spacial score (nSPS) is 11.1. The van der Waals surface area contributed by atoms with E-state index in [4.69, 9.17) is 9.84 Å². The van der Waals surface area contributed by atoms with E-state index in [0.717, 1.165) is 11.3 Å². The smallest absolute Gasteiger partial charge is 0.471 e. The van der Waals surface area contributed by atoms with E-state index in [1.54, 1.807) is 17.4 Å². The second-order valence-electron chi connectivity index (χ2n) is 4.20. The highest BCUT2D eigenvalue weighted by atomic mass is 32.1. The topological polar surface area (TPSA) is 88.5 Å². The molecule has 0 spiro atoms. The molecule has 122 valence electrons. The average Bonchev–Trinajstić information content (AvgIpc) is 2.93. The third-order valence-corrected chi connectivity index (χ3v) is 3.25. The first-order valence-corrected chi connectivity index (χ1v) is 6.92. The average molecular weight is 346 g/mol. The number of rotatable bonds is 5. The maximum atomic E-state index is 12.1. The number of benzene rings is 1. The highest BCUT2D eigenvalue weighted by Crippen LogP contribution is 2.27. The molecule has 2 aromatic rings. The number of nitrogens with zero attached hydrogens (tertiary/aromatic N) is 1. The number of thiazole rings is 1. The summed E-state index contributed by atoms with van der Waals surface area (Å²) in [5.74, 6) is -2.87. The van der Waals surface area contributed by atoms with Crippen LogP contribution < -0.4 is 10.1 Å². The summed E-state index contributed by atoms with van der Waals surface area (Å²) in [5.41, 5.74) is 0.952. The second-order valence-corrected chi connectivity index (χ2v) is 5.05. The number of hydrogen-bond donors (Lipinski definition) is 2. The van der Waals surface area contributed by atoms with Crippen molar-refractivity contribution in [2.24, 2.45) is 0 Å². The Morgan fingerprint density at radius 1 is 1.26 bits per heavy atom. The predicted molar refractivity (Wildman–Crippen MR) is 75.4 cm³/mol. The lowest BCUT2D eigenvalue weighted by atomic mass is 10.2. The molecule has 0 bridgehead atoms. The van der Waals surface area contributed by atoms with Crippen molar-refractivity contribution in [2.45, 2.75) is 6.18 Å². The van der Waals surface area contributed by atoms with Crippen LogP contribution in [-0.4, -0.2) is 34.8 Å². The molecule has 2 N–H and O–H groups in total. The summed E-state index contributed by atoms with van der Waals surface area (Å²) in [4.78, 5) is 25.1. The second kappa shape index (κ2) is 6.65. The molecule has 0 radical (unpaired) electrons. The summed E-state index contributed by atoms with van der Waals surface area (Å²) in [5, 5.41) is 11.5. The van der Waals surface area contributed by atoms with Gasteiger partial charge in [0.1, 0.15) is 5.75 Å². The van der Waals surface area contributed by atoms with Crippen molar-refractivity contribution in [3.8, 4) is 17.0 Å². The number of anilines is 1. The molecule has 0 unspecified atom stereocenters. The third-order valence-electron chi connectivity index (χ3n) is 2.49. The molecular formula is C13H9F3N2O4S. The number of carboxylic acids is 1. The fraction of sp³-hybridized carbons (Fsp3) is 0.154. The zero-order chi connectivity index (χ0) is 17.0. The van der Waals surface area contributed by atoms with Crippen LogP contribution >= 0.6 is 11.3 Å². The minimum Gasteiger partial charge on any atom is -0.482 e. The Balaban J connectivity index is 2.05. The molecule has 0 saturated heterocycles. The van der Waals surface area contributed by atoms with E-state index in [1.165, 1.54) is 17.5 Å². The molecule has 1 aromatic carbocycles. The van der Waals surface area contributed by atoms with Crippen molar-refractivity contribution >= 4 is 28.3 Å². The van der Waals surface area contributed by atoms with Gasteiger partial charge in [-0.1, -0.05) is 0 Å². The van der Waals surface area contributed by atoms with E-state index in [0.29, 0.717) is 17.0 Å². The molecule has 1 heterocycles. The largest absolute Gasteiger partial charge is 0.482 e. The van der Waals surface area contributed by atoms with Gasteiger partial charge in [-0.15, -0.1) is 11.3 Å². The van der Waals surface area contributed by atoms with Gasteiger partial charge in [0.05, 0.1) is 5.69 Å². The van der Waals surface area contributed by atoms with E-state index >= 15 is 0 Å². The number of carbonyl (C=O) groups excluding carboxylic acids is 1. The molecule has 2 rings (SSSR count). The first kappa shape index (κ1) is 16.7. The third kappa shape index (κ3) is 4.68. The van der Waals surface area contributed by atoms with Gasteiger partial charge in [0, 0.05) is 10.9 Å². The lowest BCUT2D eigenvalue weighted by molar-refractivity contribution is -0.167. The summed E-state index contributed by atoms with van der Waals surface area (Å²) in [6, 6.07) is 6.15. The summed E-state index contributed by atoms with van der Waals surface area (Å²) in [7, 11) is 0. The summed E-state index contributed by atoms with van der Waals surface area (Å²) >= 11 is 0.855. The number of carboxylic acid groups (broad SMARTS) is 1. The number of alkyl halides is 3. The molecule has 0 fully saturated rings. The van der Waals surface area contributed by atoms with Gasteiger partial charge in [-0.05, 0) is 24.3 Å². The van der Waals surface area contributed by atoms with Crippen LogP contribution in [0, 0.1) is 0 Å². The number of aliphatic carboxylic acids is 1. The SMILES string of the molecule is O=C(O)COc1ccc(-c2csc(NC(=O)C(F)(F)F)n2)cc1. The van der Waals surface area contributed by atoms with Crippen LogP contribution in [0.25, 0.3) is 11.3 Å². The maximum absolute atomic E-state index is 12.1. The summed E-state index contributed by atoms with van der Waals surface area (Å²) < 4.78 is 41.4. The predicted octanol–water partition coefficient (Wildman–Crippen LogP) is 2.77. The quantitative estimate of drug-likeness (QED) is 0.869. The molecule has 0 aliphatic carbocycles. The minimum atomic E-state index is -4.98. The Morgan fingerprint density at radius 3 is 2.48 bits per heavy atom. The zero-order valence-electron chi connectivity index (χ0n) is 11.3. The maximum Gasteiger partial charge on any atom is 0.471 e. The van der Waals surface area contributed by atoms with Crippen molar-refractivity contribution < 1.29 is 32.6 Å². The zero-order valence-corrected chi connectivity index (χ0v) is 12.1. The van der Waals surface area contributed by atoms with Crippen molar-refractivity contribution in [3.63, 3.8) is 0 Å². The van der Waals surface area contributed by atoms with E-state index in [2.05, 4.69) is 4.98 Å². The Morgan fingerprint density at radius 2 is 1.91 bits per heavy atom. The number of nitrogens with one attached hydrogen (secondary N) is 1. The lowest BCUT2D eigenvalue weighted by Crippen LogP contribution is -2.29. The summed E-state index contributed by atoms with van der Waals surface area (Å²) in [6.07, 6.45) is -4.98. The fourth-order valence-electron chi connectivity index (χ4n) is 1.50. The number of carbonyl (C=O) groups is 2. The van der Waals surface area contributed by atoms with Gasteiger partial charge in [-0.25, -0.2) is 9.78 Å². The standard InChI is InChI=1S/C13H9F3N2O4S/c14-13(15,16)11(21)18-12-17-9(6-23-12)7-1-3-8(4-2-7)22-5-10(19)20/h1-4,6H,5H2,(H,19,20)(H,17,18,21). The van der Waals surface area contributed by atoms with Crippen molar-refractivity contribution in [1.29, 1.82) is 0 Å². The van der Waals surface area contributed by atoms with Gasteiger partial charge in [0.2, 0.25) is 0 Å². The van der Waals surface area contributed by atoms with Crippen LogP contribution in [-0.2, 0) is 9.59 Å². The van der Waals surface area contributed by atoms with Crippen molar-refractivity contribution in [2.75, 3.05) is 11.9 Å². The van der Waals surface area contributed by atoms with Crippen LogP contribution in [0.4, 0.5) is 18.3 Å². The van der Waals surface area contributed by atoms with E-state index in [-0.39, 0.29) is 5.13 Å². The molecule has 1 aromatic heterocycles. The monoisotopic (exact) mass is 346 g/mol. The van der Waals surface area contributed by atoms with Gasteiger partial charge in [0.25, 0.3) is 0 Å². The van der Waals surface area contributed by atoms with Crippen molar-refractivity contribution in [3.05, 3.63) is 29.6 Å². The van der Waals surface area contributed by atoms with Crippen LogP contribution in [0.5, 0.6) is 5.75 Å². The molecule has 6 nitrogen and oxygen atoms in total. The van der Waals surface area contributed by atoms with Gasteiger partial charge >= 0.3 is 18.1 Å². The minimum absolute atomic E-state index is 0.173. The van der Waals surface area contributed by atoms with Crippen LogP contribution in [0.1, 0.15) is 0 Å². The highest BCUT2D eigenvalue weighted by molar-refractivity contribution is 7.14. The van der Waals surface area contributed by atoms with E-state index in [9.17, 15) is 22.8 Å². The van der Waals surface area contributed by atoms with Gasteiger partial charge in [-0.2, -0.15) is 13.2 Å². The molecule has 10 heteroatoms. The van der Waals surface area contributed by atoms with Gasteiger partial charge in [0.15, 0.2) is 11.7 Å². The Kier molecular flexibility index (Phi) is 4.84. The Labute approximate surface area is 131 Å². The van der Waals surface area contributed by atoms with Crippen LogP contribution in [0.15, 0.2) is 29.6 Å². The number of aromatic nitrogens is 1. The first-order valence-electron chi connectivity index (χ1n) is 6.04. The molecule has 0 saturated carbocycles. The molecule has 1 amide bonds. The fourth-order valence-corrected chi connectivity index (χ4v) is 2.21. The van der Waals surface area contributed by atoms with Crippen LogP contribution in [0.2, 0.25) is 0 Å². The van der Waals surface area contributed by atoms with E-state index in [1.807, 2.05) is 0 Å². The molecule has 0 atom stereocenters. The number of halogens is 3.